The molecule has 0 saturated heterocycles. The molecule has 14 heavy (non-hydrogen) atoms. The van der Waals surface area contributed by atoms with Crippen LogP contribution in [0.3, 0.4) is 0 Å². The zero-order chi connectivity index (χ0) is 10.3. The van der Waals surface area contributed by atoms with Crippen molar-refractivity contribution in [3.05, 3.63) is 20.9 Å². The van der Waals surface area contributed by atoms with Crippen molar-refractivity contribution < 1.29 is 0 Å². The van der Waals surface area contributed by atoms with E-state index in [0.29, 0.717) is 0 Å². The summed E-state index contributed by atoms with van der Waals surface area (Å²) in [4.78, 5) is 3.09. The Hall–Kier alpha value is -0.300. The molecule has 1 aliphatic carbocycles. The van der Waals surface area contributed by atoms with Gasteiger partial charge in [0.15, 0.2) is 0 Å². The van der Waals surface area contributed by atoms with Gasteiger partial charge in [0.1, 0.15) is 0 Å². The van der Waals surface area contributed by atoms with Crippen molar-refractivity contribution in [2.45, 2.75) is 52.9 Å². The predicted molar refractivity (Wildman–Crippen MR) is 64.3 cm³/mol. The summed E-state index contributed by atoms with van der Waals surface area (Å²) in [5, 5.41) is 0. The van der Waals surface area contributed by atoms with Crippen LogP contribution in [0.1, 0.15) is 53.0 Å². The lowest BCUT2D eigenvalue weighted by atomic mass is 9.88. The van der Waals surface area contributed by atoms with Crippen LogP contribution in [0.5, 0.6) is 0 Å². The van der Waals surface area contributed by atoms with E-state index in [1.54, 1.807) is 16.0 Å². The average Bonchev–Trinajstić information content (AvgIpc) is 2.60. The molecule has 0 amide bonds. The van der Waals surface area contributed by atoms with Crippen LogP contribution in [0.25, 0.3) is 0 Å². The van der Waals surface area contributed by atoms with Gasteiger partial charge in [-0.25, -0.2) is 0 Å². The molecule has 0 N–H and O–H groups in total. The third-order valence-corrected chi connectivity index (χ3v) is 4.99. The number of thiophene rings is 1. The van der Waals surface area contributed by atoms with Gasteiger partial charge in [-0.1, -0.05) is 19.8 Å². The monoisotopic (exact) mass is 208 g/mol. The number of rotatable bonds is 1. The van der Waals surface area contributed by atoms with E-state index in [1.807, 2.05) is 11.3 Å². The van der Waals surface area contributed by atoms with E-state index in [9.17, 15) is 0 Å². The lowest BCUT2D eigenvalue weighted by Crippen LogP contribution is -2.03. The van der Waals surface area contributed by atoms with Crippen LogP contribution in [0.2, 0.25) is 0 Å². The highest BCUT2D eigenvalue weighted by atomic mass is 32.1. The summed E-state index contributed by atoms with van der Waals surface area (Å²) in [6, 6.07) is 0. The molecule has 78 valence electrons. The van der Waals surface area contributed by atoms with E-state index >= 15 is 0 Å². The molecule has 1 aromatic heterocycles. The molecule has 1 aromatic rings. The summed E-state index contributed by atoms with van der Waals surface area (Å²) in [6.45, 7) is 9.28. The Bertz CT molecular complexity index is 335. The summed E-state index contributed by atoms with van der Waals surface area (Å²) in [6.07, 6.45) is 4.27. The van der Waals surface area contributed by atoms with Gasteiger partial charge in [0.05, 0.1) is 0 Å². The first-order valence-corrected chi connectivity index (χ1v) is 6.49. The van der Waals surface area contributed by atoms with Gasteiger partial charge in [-0.2, -0.15) is 0 Å². The third kappa shape index (κ3) is 1.52. The molecule has 1 aliphatic rings. The number of hydrogen-bond donors (Lipinski definition) is 0. The lowest BCUT2D eigenvalue weighted by molar-refractivity contribution is 0.530. The van der Waals surface area contributed by atoms with E-state index in [1.165, 1.54) is 24.1 Å². The van der Waals surface area contributed by atoms with Crippen molar-refractivity contribution >= 4 is 11.3 Å². The Morgan fingerprint density at radius 3 is 2.21 bits per heavy atom. The molecule has 1 saturated carbocycles. The molecule has 0 spiro atoms. The SMILES string of the molecule is Cc1sc(C)c(C2CCC[C@H]2C)c1C. The van der Waals surface area contributed by atoms with E-state index < -0.39 is 0 Å². The summed E-state index contributed by atoms with van der Waals surface area (Å²) in [5.41, 5.74) is 3.27. The average molecular weight is 208 g/mol. The Labute approximate surface area is 91.4 Å². The molecule has 0 aliphatic heterocycles. The Morgan fingerprint density at radius 2 is 1.79 bits per heavy atom. The summed E-state index contributed by atoms with van der Waals surface area (Å²) in [7, 11) is 0. The van der Waals surface area contributed by atoms with Gasteiger partial charge in [-0.05, 0) is 50.2 Å². The maximum absolute atomic E-state index is 2.42. The van der Waals surface area contributed by atoms with Crippen LogP contribution < -0.4 is 0 Å². The van der Waals surface area contributed by atoms with Crippen molar-refractivity contribution in [3.63, 3.8) is 0 Å². The van der Waals surface area contributed by atoms with Crippen molar-refractivity contribution in [2.75, 3.05) is 0 Å². The van der Waals surface area contributed by atoms with Crippen LogP contribution in [-0.4, -0.2) is 0 Å². The quantitative estimate of drug-likeness (QED) is 0.634. The van der Waals surface area contributed by atoms with Gasteiger partial charge in [0, 0.05) is 9.75 Å². The zero-order valence-corrected chi connectivity index (χ0v) is 10.5. The van der Waals surface area contributed by atoms with Gasteiger partial charge >= 0.3 is 0 Å². The molecule has 0 bridgehead atoms. The van der Waals surface area contributed by atoms with Crippen molar-refractivity contribution in [2.24, 2.45) is 5.92 Å². The molecule has 0 radical (unpaired) electrons. The van der Waals surface area contributed by atoms with Gasteiger partial charge in [-0.3, -0.25) is 0 Å². The molecular formula is C13H20S. The fraction of sp³-hybridized carbons (Fsp3) is 0.692. The first kappa shape index (κ1) is 10.2. The fourth-order valence-corrected chi connectivity index (χ4v) is 4.07. The van der Waals surface area contributed by atoms with Crippen molar-refractivity contribution in [1.29, 1.82) is 0 Å². The normalized spacial score (nSPS) is 27.1. The van der Waals surface area contributed by atoms with Gasteiger partial charge < -0.3 is 0 Å². The molecule has 1 heteroatoms. The number of aryl methyl sites for hydroxylation is 2. The first-order chi connectivity index (χ1) is 6.61. The van der Waals surface area contributed by atoms with Gasteiger partial charge in [-0.15, -0.1) is 11.3 Å². The van der Waals surface area contributed by atoms with Crippen LogP contribution in [0.4, 0.5) is 0 Å². The van der Waals surface area contributed by atoms with E-state index in [-0.39, 0.29) is 0 Å². The van der Waals surface area contributed by atoms with Crippen molar-refractivity contribution in [1.82, 2.24) is 0 Å². The molecule has 2 rings (SSSR count). The summed E-state index contributed by atoms with van der Waals surface area (Å²) < 4.78 is 0. The van der Waals surface area contributed by atoms with E-state index in [4.69, 9.17) is 0 Å². The van der Waals surface area contributed by atoms with Crippen LogP contribution in [0.15, 0.2) is 0 Å². The fourth-order valence-electron chi connectivity index (χ4n) is 2.93. The van der Waals surface area contributed by atoms with E-state index in [0.717, 1.165) is 11.8 Å². The molecule has 2 atom stereocenters. The van der Waals surface area contributed by atoms with E-state index in [2.05, 4.69) is 27.7 Å². The Kier molecular flexibility index (Phi) is 2.70. The maximum Gasteiger partial charge on any atom is 0.00547 e. The minimum absolute atomic E-state index is 0.861. The van der Waals surface area contributed by atoms with Crippen molar-refractivity contribution in [3.8, 4) is 0 Å². The van der Waals surface area contributed by atoms with Crippen LogP contribution in [0, 0.1) is 26.7 Å². The predicted octanol–water partition coefficient (Wildman–Crippen LogP) is 4.58. The third-order valence-electron chi connectivity index (χ3n) is 3.85. The van der Waals surface area contributed by atoms with Crippen LogP contribution >= 0.6 is 11.3 Å². The zero-order valence-electron chi connectivity index (χ0n) is 9.68. The molecular weight excluding hydrogens is 188 g/mol. The van der Waals surface area contributed by atoms with Gasteiger partial charge in [0.25, 0.3) is 0 Å². The summed E-state index contributed by atoms with van der Waals surface area (Å²) in [5.74, 6) is 1.77. The minimum atomic E-state index is 0.861. The van der Waals surface area contributed by atoms with Gasteiger partial charge in [0.2, 0.25) is 0 Å². The molecule has 1 heterocycles. The largest absolute Gasteiger partial charge is 0.145 e. The second-order valence-electron chi connectivity index (χ2n) is 4.77. The second kappa shape index (κ2) is 3.69. The van der Waals surface area contributed by atoms with Crippen LogP contribution in [-0.2, 0) is 0 Å². The highest BCUT2D eigenvalue weighted by Gasteiger charge is 2.28. The highest BCUT2D eigenvalue weighted by Crippen LogP contribution is 2.44. The highest BCUT2D eigenvalue weighted by molar-refractivity contribution is 7.12. The standard InChI is InChI=1S/C13H20S/c1-8-6-5-7-12(8)13-9(2)10(3)14-11(13)4/h8,12H,5-7H2,1-4H3/t8-,12?/m1/s1. The molecule has 0 aromatic carbocycles. The Balaban J connectivity index is 2.39. The molecule has 1 fully saturated rings. The number of hydrogen-bond acceptors (Lipinski definition) is 1. The lowest BCUT2D eigenvalue weighted by Gasteiger charge is -2.16. The Morgan fingerprint density at radius 1 is 1.07 bits per heavy atom. The molecule has 1 unspecified atom stereocenters. The maximum atomic E-state index is 2.42. The molecule has 0 nitrogen and oxygen atoms in total. The smallest absolute Gasteiger partial charge is 0.00547 e. The first-order valence-electron chi connectivity index (χ1n) is 5.67. The minimum Gasteiger partial charge on any atom is -0.145 e. The topological polar surface area (TPSA) is 0 Å². The summed E-state index contributed by atoms with van der Waals surface area (Å²) >= 11 is 1.98. The second-order valence-corrected chi connectivity index (χ2v) is 6.20.